The van der Waals surface area contributed by atoms with Crippen LogP contribution >= 0.6 is 15.9 Å². The lowest BCUT2D eigenvalue weighted by Crippen LogP contribution is -1.95. The van der Waals surface area contributed by atoms with E-state index in [0.717, 1.165) is 16.9 Å². The zero-order valence-electron chi connectivity index (χ0n) is 9.77. The van der Waals surface area contributed by atoms with Crippen molar-refractivity contribution in [1.29, 1.82) is 0 Å². The van der Waals surface area contributed by atoms with Crippen molar-refractivity contribution < 1.29 is 4.74 Å². The zero-order chi connectivity index (χ0) is 12.6. The second kappa shape index (κ2) is 6.83. The Hall–Kier alpha value is -1.79. The van der Waals surface area contributed by atoms with E-state index < -0.39 is 0 Å². The summed E-state index contributed by atoms with van der Waals surface area (Å²) in [6.45, 7) is 0.540. The molecule has 0 aliphatic heterocycles. The molecule has 2 nitrogen and oxygen atoms in total. The smallest absolute Gasteiger partial charge is 0.139 e. The maximum Gasteiger partial charge on any atom is 0.139 e. The van der Waals surface area contributed by atoms with E-state index >= 15 is 0 Å². The molecule has 1 aromatic carbocycles. The third kappa shape index (κ3) is 3.90. The summed E-state index contributed by atoms with van der Waals surface area (Å²) in [7, 11) is 0. The van der Waals surface area contributed by atoms with Crippen LogP contribution in [0.2, 0.25) is 0 Å². The summed E-state index contributed by atoms with van der Waals surface area (Å²) in [6, 6.07) is 11.9. The van der Waals surface area contributed by atoms with Crippen molar-refractivity contribution in [1.82, 2.24) is 4.98 Å². The van der Waals surface area contributed by atoms with Gasteiger partial charge in [-0.05, 0) is 11.6 Å². The summed E-state index contributed by atoms with van der Waals surface area (Å²) in [5.41, 5.74) is 1.99. The molecule has 0 bridgehead atoms. The van der Waals surface area contributed by atoms with E-state index in [1.165, 1.54) is 0 Å². The Morgan fingerprint density at radius 2 is 2.00 bits per heavy atom. The highest BCUT2D eigenvalue weighted by atomic mass is 79.9. The van der Waals surface area contributed by atoms with Gasteiger partial charge in [-0.3, -0.25) is 4.98 Å². The van der Waals surface area contributed by atoms with Crippen molar-refractivity contribution >= 4 is 15.9 Å². The van der Waals surface area contributed by atoms with Crippen molar-refractivity contribution in [2.24, 2.45) is 0 Å². The van der Waals surface area contributed by atoms with Gasteiger partial charge in [-0.15, -0.1) is 0 Å². The second-order valence-corrected chi connectivity index (χ2v) is 4.18. The Bertz CT molecular complexity index is 557. The second-order valence-electron chi connectivity index (χ2n) is 3.62. The van der Waals surface area contributed by atoms with Crippen molar-refractivity contribution in [2.75, 3.05) is 5.33 Å². The third-order valence-corrected chi connectivity index (χ3v) is 2.54. The van der Waals surface area contributed by atoms with Crippen molar-refractivity contribution in [3.8, 4) is 17.6 Å². The number of rotatable bonds is 3. The Balaban J connectivity index is 2.01. The molecular formula is C15H12BrNO. The number of pyridine rings is 1. The first-order valence-corrected chi connectivity index (χ1v) is 6.67. The number of hydrogen-bond acceptors (Lipinski definition) is 2. The fourth-order valence-corrected chi connectivity index (χ4v) is 1.58. The van der Waals surface area contributed by atoms with Crippen LogP contribution in [0.4, 0.5) is 0 Å². The van der Waals surface area contributed by atoms with Gasteiger partial charge in [0, 0.05) is 11.8 Å². The molecular weight excluding hydrogens is 290 g/mol. The standard InChI is InChI=1S/C15H12BrNO/c16-8-4-7-14-9-15(11-17-10-14)18-12-13-5-2-1-3-6-13/h1-3,5-6,9-11H,8,12H2. The van der Waals surface area contributed by atoms with Crippen LogP contribution in [0.5, 0.6) is 5.75 Å². The number of benzene rings is 1. The minimum atomic E-state index is 0.540. The summed E-state index contributed by atoms with van der Waals surface area (Å²) >= 11 is 3.26. The Labute approximate surface area is 115 Å². The first kappa shape index (κ1) is 12.7. The molecule has 0 unspecified atom stereocenters. The van der Waals surface area contributed by atoms with Gasteiger partial charge < -0.3 is 4.74 Å². The fourth-order valence-electron chi connectivity index (χ4n) is 1.44. The van der Waals surface area contributed by atoms with Gasteiger partial charge in [-0.2, -0.15) is 0 Å². The maximum absolute atomic E-state index is 5.67. The van der Waals surface area contributed by atoms with Crippen LogP contribution < -0.4 is 4.74 Å². The number of aromatic nitrogens is 1. The molecule has 0 saturated heterocycles. The number of halogens is 1. The number of alkyl halides is 1. The molecule has 1 aromatic heterocycles. The van der Waals surface area contributed by atoms with Crippen LogP contribution in [0.25, 0.3) is 0 Å². The Kier molecular flexibility index (Phi) is 4.80. The first-order valence-electron chi connectivity index (χ1n) is 5.55. The molecule has 0 saturated carbocycles. The molecule has 0 atom stereocenters. The average molecular weight is 302 g/mol. The van der Waals surface area contributed by atoms with E-state index in [9.17, 15) is 0 Å². The van der Waals surface area contributed by atoms with E-state index in [1.807, 2.05) is 36.4 Å². The van der Waals surface area contributed by atoms with Crippen LogP contribution in [0.15, 0.2) is 48.8 Å². The summed E-state index contributed by atoms with van der Waals surface area (Å²) < 4.78 is 5.67. The molecule has 0 aliphatic carbocycles. The normalized spacial score (nSPS) is 9.39. The SMILES string of the molecule is BrCC#Cc1cncc(OCc2ccccc2)c1. The quantitative estimate of drug-likeness (QED) is 0.640. The van der Waals surface area contributed by atoms with Gasteiger partial charge in [0.25, 0.3) is 0 Å². The highest BCUT2D eigenvalue weighted by Gasteiger charge is 1.97. The molecule has 0 fully saturated rings. The summed E-state index contributed by atoms with van der Waals surface area (Å²) in [4.78, 5) is 4.11. The fraction of sp³-hybridized carbons (Fsp3) is 0.133. The maximum atomic E-state index is 5.67. The average Bonchev–Trinajstić information content (AvgIpc) is 2.44. The minimum absolute atomic E-state index is 0.540. The predicted octanol–water partition coefficient (Wildman–Crippen LogP) is 3.41. The third-order valence-electron chi connectivity index (χ3n) is 2.26. The lowest BCUT2D eigenvalue weighted by atomic mass is 10.2. The lowest BCUT2D eigenvalue weighted by molar-refractivity contribution is 0.305. The molecule has 90 valence electrons. The molecule has 1 heterocycles. The monoisotopic (exact) mass is 301 g/mol. The number of nitrogens with zero attached hydrogens (tertiary/aromatic N) is 1. The summed E-state index contributed by atoms with van der Waals surface area (Å²) in [5.74, 6) is 6.67. The van der Waals surface area contributed by atoms with E-state index in [-0.39, 0.29) is 0 Å². The van der Waals surface area contributed by atoms with E-state index in [4.69, 9.17) is 4.74 Å². The highest BCUT2D eigenvalue weighted by Crippen LogP contribution is 2.12. The van der Waals surface area contributed by atoms with Gasteiger partial charge in [0.05, 0.1) is 11.5 Å². The largest absolute Gasteiger partial charge is 0.487 e. The molecule has 0 amide bonds. The van der Waals surface area contributed by atoms with Crippen LogP contribution in [-0.2, 0) is 6.61 Å². The predicted molar refractivity (Wildman–Crippen MR) is 75.7 cm³/mol. The molecule has 3 heteroatoms. The number of ether oxygens (including phenoxy) is 1. The van der Waals surface area contributed by atoms with Crippen LogP contribution in [0.3, 0.4) is 0 Å². The zero-order valence-corrected chi connectivity index (χ0v) is 11.4. The van der Waals surface area contributed by atoms with Crippen LogP contribution in [0.1, 0.15) is 11.1 Å². The first-order chi connectivity index (χ1) is 8.88. The van der Waals surface area contributed by atoms with Gasteiger partial charge >= 0.3 is 0 Å². The van der Waals surface area contributed by atoms with Crippen molar-refractivity contribution in [3.63, 3.8) is 0 Å². The van der Waals surface area contributed by atoms with Crippen molar-refractivity contribution in [3.05, 3.63) is 59.9 Å². The number of hydrogen-bond donors (Lipinski definition) is 0. The Morgan fingerprint density at radius 1 is 1.17 bits per heavy atom. The van der Waals surface area contributed by atoms with Gasteiger partial charge in [-0.1, -0.05) is 58.1 Å². The van der Waals surface area contributed by atoms with Gasteiger partial charge in [0.1, 0.15) is 12.4 Å². The van der Waals surface area contributed by atoms with Crippen LogP contribution in [0, 0.1) is 11.8 Å². The van der Waals surface area contributed by atoms with Crippen LogP contribution in [-0.4, -0.2) is 10.3 Å². The molecule has 18 heavy (non-hydrogen) atoms. The van der Waals surface area contributed by atoms with Gasteiger partial charge in [-0.25, -0.2) is 0 Å². The highest BCUT2D eigenvalue weighted by molar-refractivity contribution is 9.09. The minimum Gasteiger partial charge on any atom is -0.487 e. The van der Waals surface area contributed by atoms with E-state index in [2.05, 4.69) is 32.8 Å². The van der Waals surface area contributed by atoms with E-state index in [0.29, 0.717) is 11.9 Å². The molecule has 0 radical (unpaired) electrons. The summed E-state index contributed by atoms with van der Waals surface area (Å²) in [5, 5.41) is 0.655. The topological polar surface area (TPSA) is 22.1 Å². The van der Waals surface area contributed by atoms with Crippen molar-refractivity contribution in [2.45, 2.75) is 6.61 Å². The molecule has 0 spiro atoms. The summed E-state index contributed by atoms with van der Waals surface area (Å²) in [6.07, 6.45) is 3.42. The molecule has 2 rings (SSSR count). The van der Waals surface area contributed by atoms with E-state index in [1.54, 1.807) is 12.4 Å². The molecule has 0 aliphatic rings. The van der Waals surface area contributed by atoms with Gasteiger partial charge in [0.2, 0.25) is 0 Å². The van der Waals surface area contributed by atoms with Gasteiger partial charge in [0.15, 0.2) is 0 Å². The molecule has 0 N–H and O–H groups in total. The molecule has 2 aromatic rings. The lowest BCUT2D eigenvalue weighted by Gasteiger charge is -2.05. The Morgan fingerprint density at radius 3 is 2.78 bits per heavy atom.